The molecule has 68 valence electrons. The Morgan fingerprint density at radius 2 is 2.46 bits per heavy atom. The summed E-state index contributed by atoms with van der Waals surface area (Å²) in [5.74, 6) is -0.890. The van der Waals surface area contributed by atoms with Crippen molar-refractivity contribution in [3.8, 4) is 0 Å². The summed E-state index contributed by atoms with van der Waals surface area (Å²) in [4.78, 5) is 11.1. The molecule has 0 fully saturated rings. The van der Waals surface area contributed by atoms with Gasteiger partial charge in [-0.1, -0.05) is 11.2 Å². The Hall–Kier alpha value is -1.49. The van der Waals surface area contributed by atoms with Crippen molar-refractivity contribution in [1.82, 2.24) is 5.16 Å². The molecule has 0 spiro atoms. The van der Waals surface area contributed by atoms with Gasteiger partial charge in [-0.3, -0.25) is 0 Å². The van der Waals surface area contributed by atoms with Crippen molar-refractivity contribution in [2.45, 2.75) is 5.03 Å². The second-order valence-electron chi connectivity index (χ2n) is 2.43. The van der Waals surface area contributed by atoms with Crippen LogP contribution < -0.4 is 0 Å². The highest BCUT2D eigenvalue weighted by molar-refractivity contribution is 8.23. The molecule has 0 amide bonds. The lowest BCUT2D eigenvalue weighted by Gasteiger charge is -2.09. The van der Waals surface area contributed by atoms with Crippen LogP contribution in [0.5, 0.6) is 0 Å². The molecule has 1 aromatic heterocycles. The summed E-state index contributed by atoms with van der Waals surface area (Å²) in [6.07, 6.45) is 4.79. The van der Waals surface area contributed by atoms with E-state index in [1.165, 1.54) is 6.26 Å². The van der Waals surface area contributed by atoms with Gasteiger partial charge in [0.1, 0.15) is 11.3 Å². The van der Waals surface area contributed by atoms with Gasteiger partial charge in [-0.25, -0.2) is 4.79 Å². The average molecular weight is 197 g/mol. The lowest BCUT2D eigenvalue weighted by molar-refractivity contribution is -0.131. The zero-order valence-corrected chi connectivity index (χ0v) is 7.44. The van der Waals surface area contributed by atoms with Gasteiger partial charge in [0.05, 0.1) is 4.91 Å². The minimum Gasteiger partial charge on any atom is -0.477 e. The summed E-state index contributed by atoms with van der Waals surface area (Å²) in [7, 11) is -0.930. The number of hydrogen-bond donors (Lipinski definition) is 2. The normalized spacial score (nSPS) is 23.1. The molecule has 2 rings (SSSR count). The molecule has 0 saturated carbocycles. The van der Waals surface area contributed by atoms with E-state index < -0.39 is 16.9 Å². The molecule has 13 heavy (non-hydrogen) atoms. The molecule has 0 saturated heterocycles. The van der Waals surface area contributed by atoms with Gasteiger partial charge >= 0.3 is 5.97 Å². The molecule has 0 aromatic carbocycles. The SMILES string of the molecule is O=C(O)C1=CC=C[SH]1c1ccon1. The van der Waals surface area contributed by atoms with Crippen LogP contribution in [0, 0.1) is 0 Å². The predicted molar refractivity (Wildman–Crippen MR) is 48.6 cm³/mol. The standard InChI is InChI=1S/C8H7NO3S/c10-8(11)6-2-1-5-13(6)7-3-4-12-9-7/h1-5,13H,(H,10,11). The molecule has 1 atom stereocenters. The van der Waals surface area contributed by atoms with Crippen molar-refractivity contribution in [3.63, 3.8) is 0 Å². The first-order valence-electron chi connectivity index (χ1n) is 3.60. The number of aliphatic carboxylic acids is 1. The minimum absolute atomic E-state index is 0.393. The average Bonchev–Trinajstić information content (AvgIpc) is 2.74. The number of allylic oxidation sites excluding steroid dienone is 2. The smallest absolute Gasteiger partial charge is 0.341 e. The molecule has 1 unspecified atom stereocenters. The third-order valence-electron chi connectivity index (χ3n) is 1.64. The summed E-state index contributed by atoms with van der Waals surface area (Å²) in [5.41, 5.74) is 0. The van der Waals surface area contributed by atoms with Crippen LogP contribution in [0.3, 0.4) is 0 Å². The first-order chi connectivity index (χ1) is 6.29. The van der Waals surface area contributed by atoms with Crippen LogP contribution in [-0.2, 0) is 4.79 Å². The monoisotopic (exact) mass is 197 g/mol. The Balaban J connectivity index is 2.31. The molecule has 0 aliphatic carbocycles. The summed E-state index contributed by atoms with van der Waals surface area (Å²) in [6.45, 7) is 0. The number of nitrogens with zero attached hydrogens (tertiary/aromatic N) is 1. The Kier molecular flexibility index (Phi) is 1.94. The Labute approximate surface area is 76.9 Å². The molecular formula is C8H7NO3S. The van der Waals surface area contributed by atoms with Gasteiger partial charge in [0.15, 0.2) is 0 Å². The first kappa shape index (κ1) is 8.12. The summed E-state index contributed by atoms with van der Waals surface area (Å²) < 4.78 is 4.67. The zero-order chi connectivity index (χ0) is 9.26. The van der Waals surface area contributed by atoms with E-state index in [4.69, 9.17) is 5.11 Å². The van der Waals surface area contributed by atoms with Crippen molar-refractivity contribution < 1.29 is 14.4 Å². The Morgan fingerprint density at radius 3 is 3.08 bits per heavy atom. The molecule has 1 aliphatic rings. The summed E-state index contributed by atoms with van der Waals surface area (Å²) in [5, 5.41) is 15.1. The van der Waals surface area contributed by atoms with Crippen molar-refractivity contribution in [3.05, 3.63) is 34.8 Å². The number of carboxylic acid groups (broad SMARTS) is 1. The highest BCUT2D eigenvalue weighted by Crippen LogP contribution is 2.47. The van der Waals surface area contributed by atoms with Crippen LogP contribution >= 0.6 is 10.9 Å². The van der Waals surface area contributed by atoms with E-state index in [2.05, 4.69) is 9.68 Å². The highest BCUT2D eigenvalue weighted by atomic mass is 32.2. The van der Waals surface area contributed by atoms with E-state index in [0.29, 0.717) is 9.93 Å². The molecular weight excluding hydrogens is 190 g/mol. The predicted octanol–water partition coefficient (Wildman–Crippen LogP) is 1.53. The number of carboxylic acids is 1. The van der Waals surface area contributed by atoms with Crippen LogP contribution in [0.25, 0.3) is 0 Å². The van der Waals surface area contributed by atoms with Gasteiger partial charge in [0.25, 0.3) is 0 Å². The first-order valence-corrected chi connectivity index (χ1v) is 5.01. The third kappa shape index (κ3) is 1.38. The van der Waals surface area contributed by atoms with E-state index in [-0.39, 0.29) is 0 Å². The van der Waals surface area contributed by atoms with Gasteiger partial charge < -0.3 is 9.63 Å². The van der Waals surface area contributed by atoms with Gasteiger partial charge in [-0.15, -0.1) is 0 Å². The molecule has 2 heterocycles. The Bertz CT molecular complexity index is 380. The van der Waals surface area contributed by atoms with Gasteiger partial charge in [0, 0.05) is 6.07 Å². The summed E-state index contributed by atoms with van der Waals surface area (Å²) >= 11 is 0. The van der Waals surface area contributed by atoms with Crippen LogP contribution in [-0.4, -0.2) is 16.2 Å². The van der Waals surface area contributed by atoms with Crippen LogP contribution in [0.2, 0.25) is 0 Å². The maximum absolute atomic E-state index is 10.8. The minimum atomic E-state index is -0.930. The fourth-order valence-electron chi connectivity index (χ4n) is 1.09. The van der Waals surface area contributed by atoms with Gasteiger partial charge in [-0.05, 0) is 11.5 Å². The fourth-order valence-corrected chi connectivity index (χ4v) is 2.71. The lowest BCUT2D eigenvalue weighted by atomic mass is 10.5. The van der Waals surface area contributed by atoms with Crippen molar-refractivity contribution in [2.75, 3.05) is 0 Å². The molecule has 1 aliphatic heterocycles. The third-order valence-corrected chi connectivity index (χ3v) is 3.69. The van der Waals surface area contributed by atoms with E-state index in [1.807, 2.05) is 5.41 Å². The maximum Gasteiger partial charge on any atom is 0.341 e. The van der Waals surface area contributed by atoms with E-state index in [9.17, 15) is 4.79 Å². The van der Waals surface area contributed by atoms with E-state index >= 15 is 0 Å². The number of hydrogen-bond acceptors (Lipinski definition) is 3. The van der Waals surface area contributed by atoms with Crippen LogP contribution in [0.15, 0.2) is 44.3 Å². The quantitative estimate of drug-likeness (QED) is 0.706. The lowest BCUT2D eigenvalue weighted by Crippen LogP contribution is -1.98. The van der Waals surface area contributed by atoms with Crippen molar-refractivity contribution >= 4 is 16.9 Å². The number of thiol groups is 1. The largest absolute Gasteiger partial charge is 0.477 e. The van der Waals surface area contributed by atoms with Crippen molar-refractivity contribution in [1.29, 1.82) is 0 Å². The number of aromatic nitrogens is 1. The van der Waals surface area contributed by atoms with E-state index in [0.717, 1.165) is 0 Å². The summed E-state index contributed by atoms with van der Waals surface area (Å²) in [6, 6.07) is 1.69. The second kappa shape index (κ2) is 3.10. The van der Waals surface area contributed by atoms with Crippen molar-refractivity contribution in [2.24, 2.45) is 0 Å². The molecule has 1 aromatic rings. The second-order valence-corrected chi connectivity index (χ2v) is 4.40. The fraction of sp³-hybridized carbons (Fsp3) is 0. The molecule has 1 N–H and O–H groups in total. The maximum atomic E-state index is 10.8. The Morgan fingerprint density at radius 1 is 1.62 bits per heavy atom. The molecule has 0 bridgehead atoms. The van der Waals surface area contributed by atoms with Gasteiger partial charge in [0.2, 0.25) is 0 Å². The van der Waals surface area contributed by atoms with E-state index in [1.54, 1.807) is 18.2 Å². The van der Waals surface area contributed by atoms with Crippen LogP contribution in [0.4, 0.5) is 0 Å². The zero-order valence-electron chi connectivity index (χ0n) is 6.54. The number of rotatable bonds is 2. The topological polar surface area (TPSA) is 63.3 Å². The molecule has 0 radical (unpaired) electrons. The van der Waals surface area contributed by atoms with Gasteiger partial charge in [-0.2, -0.15) is 10.9 Å². The van der Waals surface area contributed by atoms with Crippen LogP contribution in [0.1, 0.15) is 0 Å². The molecule has 4 nitrogen and oxygen atoms in total. The molecule has 5 heteroatoms. The highest BCUT2D eigenvalue weighted by Gasteiger charge is 2.20. The number of carbonyl (C=O) groups is 1.